The second-order valence-electron chi connectivity index (χ2n) is 8.78. The number of nitrogens with one attached hydrogen (secondary N) is 1. The molecule has 40 heavy (non-hydrogen) atoms. The third kappa shape index (κ3) is 5.44. The van der Waals surface area contributed by atoms with Crippen molar-refractivity contribution in [3.05, 3.63) is 87.6 Å². The Kier molecular flexibility index (Phi) is 7.74. The summed E-state index contributed by atoms with van der Waals surface area (Å²) in [6.45, 7) is 2.07. The molecule has 5 aromatic heterocycles. The van der Waals surface area contributed by atoms with Gasteiger partial charge in [-0.1, -0.05) is 9.61 Å². The van der Waals surface area contributed by atoms with E-state index in [0.29, 0.717) is 5.65 Å². The minimum atomic E-state index is -0.479. The molecular weight excluding hydrogens is 585 g/mol. The summed E-state index contributed by atoms with van der Waals surface area (Å²) in [4.78, 5) is 33.1. The van der Waals surface area contributed by atoms with Gasteiger partial charge in [-0.25, -0.2) is 15.0 Å². The van der Waals surface area contributed by atoms with Gasteiger partial charge in [-0.15, -0.1) is 34.9 Å². The number of nitro groups is 1. The normalized spacial score (nSPS) is 12.3. The Hall–Kier alpha value is -3.46. The van der Waals surface area contributed by atoms with Gasteiger partial charge in [0.25, 0.3) is 0 Å². The maximum Gasteiger partial charge on any atom is 0.368 e. The first-order chi connectivity index (χ1) is 19.5. The molecule has 1 N–H and O–H groups in total. The van der Waals surface area contributed by atoms with Crippen molar-refractivity contribution in [3.8, 4) is 10.6 Å². The van der Waals surface area contributed by atoms with E-state index in [1.54, 1.807) is 47.1 Å². The summed E-state index contributed by atoms with van der Waals surface area (Å²) in [5, 5.41) is 18.9. The topological polar surface area (TPSA) is 128 Å². The van der Waals surface area contributed by atoms with E-state index < -0.39 is 4.92 Å². The van der Waals surface area contributed by atoms with Crippen LogP contribution in [-0.2, 0) is 0 Å². The molecule has 0 aliphatic carbocycles. The van der Waals surface area contributed by atoms with Crippen LogP contribution in [0, 0.1) is 17.0 Å². The van der Waals surface area contributed by atoms with E-state index in [9.17, 15) is 10.1 Å². The largest absolute Gasteiger partial charge is 0.368 e. The lowest BCUT2D eigenvalue weighted by molar-refractivity contribution is -0.391. The van der Waals surface area contributed by atoms with Crippen molar-refractivity contribution in [2.24, 2.45) is 0 Å². The predicted molar refractivity (Wildman–Crippen MR) is 163 cm³/mol. The lowest BCUT2D eigenvalue weighted by atomic mass is 10.1. The first-order valence-corrected chi connectivity index (χ1v) is 15.6. The average Bonchev–Trinajstić information content (AvgIpc) is 3.72. The molecule has 0 amide bonds. The Morgan fingerprint density at radius 2 is 2.00 bits per heavy atom. The first kappa shape index (κ1) is 26.7. The number of thiazole rings is 1. The van der Waals surface area contributed by atoms with Crippen LogP contribution in [0.1, 0.15) is 28.8 Å². The molecule has 0 aliphatic rings. The highest BCUT2D eigenvalue weighted by molar-refractivity contribution is 8.00. The van der Waals surface area contributed by atoms with Crippen molar-refractivity contribution in [2.75, 3.05) is 11.5 Å². The van der Waals surface area contributed by atoms with Gasteiger partial charge in [-0.2, -0.15) is 12.6 Å². The summed E-state index contributed by atoms with van der Waals surface area (Å²) in [7, 11) is 0. The van der Waals surface area contributed by atoms with Gasteiger partial charge in [-0.3, -0.25) is 4.98 Å². The number of fused-ring (bicyclic) bond motifs is 2. The first-order valence-electron chi connectivity index (χ1n) is 12.3. The fraction of sp³-hybridized carbons (Fsp3) is 0.192. The molecule has 0 bridgehead atoms. The third-order valence-corrected chi connectivity index (χ3v) is 9.76. The van der Waals surface area contributed by atoms with E-state index >= 15 is 0 Å². The molecule has 1 unspecified atom stereocenters. The van der Waals surface area contributed by atoms with Gasteiger partial charge < -0.3 is 15.1 Å². The van der Waals surface area contributed by atoms with Gasteiger partial charge in [0.2, 0.25) is 5.65 Å². The lowest BCUT2D eigenvalue weighted by Crippen LogP contribution is -2.03. The number of thiol groups is 1. The second kappa shape index (κ2) is 11.6. The maximum atomic E-state index is 11.2. The van der Waals surface area contributed by atoms with Crippen LogP contribution in [0.2, 0.25) is 0 Å². The zero-order chi connectivity index (χ0) is 27.6. The number of imidazole rings is 2. The Bertz CT molecular complexity index is 1820. The molecule has 202 valence electrons. The maximum absolute atomic E-state index is 11.2. The summed E-state index contributed by atoms with van der Waals surface area (Å²) < 4.78 is 1.27. The van der Waals surface area contributed by atoms with Crippen LogP contribution in [0.4, 0.5) is 5.82 Å². The Morgan fingerprint density at radius 1 is 1.12 bits per heavy atom. The highest BCUT2D eigenvalue weighted by atomic mass is 32.2. The number of nitrogens with zero attached hydrogens (tertiary/aromatic N) is 7. The number of H-pyrrole nitrogens is 1. The molecule has 0 spiro atoms. The fourth-order valence-corrected chi connectivity index (χ4v) is 7.21. The standard InChI is InChI=1S/C26H22N8O2S4/c1-15-19(38-10-2-11-39-21-6-5-20-29-14-22(34(35)36)33(20)32-21)7-8-27-23(15)24(37)25-30-17-4-3-16(13-18(17)31-25)26-28-9-12-40-26/h3-9,12-14,24,37H,2,10-11H2,1H3,(H,30,31). The summed E-state index contributed by atoms with van der Waals surface area (Å²) >= 11 is 9.84. The zero-order valence-corrected chi connectivity index (χ0v) is 24.4. The molecule has 6 rings (SSSR count). The molecule has 6 aromatic rings. The Balaban J connectivity index is 1.09. The van der Waals surface area contributed by atoms with Crippen LogP contribution in [0.3, 0.4) is 0 Å². The highest BCUT2D eigenvalue weighted by Crippen LogP contribution is 2.34. The van der Waals surface area contributed by atoms with Crippen LogP contribution in [0.5, 0.6) is 0 Å². The minimum absolute atomic E-state index is 0.137. The van der Waals surface area contributed by atoms with Gasteiger partial charge in [0, 0.05) is 40.1 Å². The molecule has 0 aliphatic heterocycles. The highest BCUT2D eigenvalue weighted by Gasteiger charge is 2.20. The van der Waals surface area contributed by atoms with E-state index in [-0.39, 0.29) is 11.1 Å². The van der Waals surface area contributed by atoms with Gasteiger partial charge in [0.05, 0.1) is 16.7 Å². The van der Waals surface area contributed by atoms with Gasteiger partial charge in [-0.05, 0) is 59.9 Å². The average molecular weight is 607 g/mol. The molecule has 1 atom stereocenters. The molecule has 0 saturated heterocycles. The second-order valence-corrected chi connectivity index (χ2v) is 12.4. The van der Waals surface area contributed by atoms with Crippen molar-refractivity contribution < 1.29 is 4.92 Å². The SMILES string of the molecule is Cc1c(SCCCSc2ccc3ncc([N+](=O)[O-])n3n2)ccnc1C(S)c1nc2ccc(-c3nccs3)cc2[nH]1. The third-order valence-electron chi connectivity index (χ3n) is 6.19. The number of hydrogen-bond acceptors (Lipinski definition) is 11. The summed E-state index contributed by atoms with van der Waals surface area (Å²) in [6, 6.07) is 11.7. The van der Waals surface area contributed by atoms with Crippen LogP contribution in [0.25, 0.3) is 27.3 Å². The summed E-state index contributed by atoms with van der Waals surface area (Å²) in [5.41, 5.74) is 5.30. The van der Waals surface area contributed by atoms with Crippen molar-refractivity contribution in [2.45, 2.75) is 28.5 Å². The molecule has 10 nitrogen and oxygen atoms in total. The molecule has 5 heterocycles. The van der Waals surface area contributed by atoms with Crippen molar-refractivity contribution in [1.29, 1.82) is 0 Å². The van der Waals surface area contributed by atoms with Gasteiger partial charge in [0.15, 0.2) is 0 Å². The number of aromatic nitrogens is 7. The molecule has 0 radical (unpaired) electrons. The van der Waals surface area contributed by atoms with Crippen molar-refractivity contribution >= 4 is 70.0 Å². The Labute approximate surface area is 246 Å². The monoisotopic (exact) mass is 606 g/mol. The number of hydrogen-bond donors (Lipinski definition) is 2. The molecular formula is C26H22N8O2S4. The van der Waals surface area contributed by atoms with E-state index in [1.807, 2.05) is 35.8 Å². The van der Waals surface area contributed by atoms with Crippen LogP contribution >= 0.6 is 47.5 Å². The number of benzene rings is 1. The minimum Gasteiger partial charge on any atom is -0.358 e. The fourth-order valence-electron chi connectivity index (χ4n) is 4.22. The quantitative estimate of drug-likeness (QED) is 0.0580. The van der Waals surface area contributed by atoms with E-state index in [2.05, 4.69) is 38.0 Å². The van der Waals surface area contributed by atoms with E-state index in [4.69, 9.17) is 17.6 Å². The van der Waals surface area contributed by atoms with E-state index in [1.165, 1.54) is 10.7 Å². The van der Waals surface area contributed by atoms with Crippen molar-refractivity contribution in [1.82, 2.24) is 34.5 Å². The summed E-state index contributed by atoms with van der Waals surface area (Å²) in [6.07, 6.45) is 5.79. The number of aromatic amines is 1. The smallest absolute Gasteiger partial charge is 0.358 e. The van der Waals surface area contributed by atoms with Crippen molar-refractivity contribution in [3.63, 3.8) is 0 Å². The summed E-state index contributed by atoms with van der Waals surface area (Å²) in [5.74, 6) is 2.36. The molecule has 0 fully saturated rings. The van der Waals surface area contributed by atoms with Crippen LogP contribution in [-0.4, -0.2) is 51.0 Å². The molecule has 14 heteroatoms. The number of thioether (sulfide) groups is 2. The van der Waals surface area contributed by atoms with Gasteiger partial charge in [0.1, 0.15) is 27.3 Å². The Morgan fingerprint density at radius 3 is 2.83 bits per heavy atom. The van der Waals surface area contributed by atoms with Gasteiger partial charge >= 0.3 is 5.82 Å². The zero-order valence-electron chi connectivity index (χ0n) is 21.1. The predicted octanol–water partition coefficient (Wildman–Crippen LogP) is 6.63. The van der Waals surface area contributed by atoms with Crippen LogP contribution < -0.4 is 0 Å². The molecule has 0 saturated carbocycles. The number of rotatable bonds is 10. The molecule has 1 aromatic carbocycles. The number of pyridine rings is 1. The van der Waals surface area contributed by atoms with E-state index in [0.717, 1.165) is 66.5 Å². The lowest BCUT2D eigenvalue weighted by Gasteiger charge is -2.14. The van der Waals surface area contributed by atoms with Crippen LogP contribution in [0.15, 0.2) is 70.3 Å².